The molecule has 0 bridgehead atoms. The van der Waals surface area contributed by atoms with Crippen molar-refractivity contribution in [2.75, 3.05) is 11.5 Å². The average Bonchev–Trinajstić information content (AvgIpc) is 2.14. The van der Waals surface area contributed by atoms with Crippen LogP contribution in [0.4, 0.5) is 5.82 Å². The summed E-state index contributed by atoms with van der Waals surface area (Å²) in [5.74, 6) is 2.74. The predicted molar refractivity (Wildman–Crippen MR) is 57.7 cm³/mol. The SMILES string of the molecule is CCSCc1nc(C)c(C#N)c(N)n1. The highest BCUT2D eigenvalue weighted by atomic mass is 32.2. The number of thioether (sulfide) groups is 1. The number of nitrogens with zero attached hydrogens (tertiary/aromatic N) is 3. The molecule has 0 unspecified atom stereocenters. The summed E-state index contributed by atoms with van der Waals surface area (Å²) in [6, 6.07) is 1.99. The molecule has 2 N–H and O–H groups in total. The molecule has 0 spiro atoms. The molecule has 0 radical (unpaired) electrons. The highest BCUT2D eigenvalue weighted by Crippen LogP contribution is 2.14. The van der Waals surface area contributed by atoms with Gasteiger partial charge >= 0.3 is 0 Å². The fourth-order valence-electron chi connectivity index (χ4n) is 1.05. The zero-order valence-electron chi connectivity index (χ0n) is 8.24. The molecule has 0 aliphatic rings. The number of aryl methyl sites for hydroxylation is 1. The Hall–Kier alpha value is -1.28. The zero-order chi connectivity index (χ0) is 10.6. The molecule has 5 heteroatoms. The summed E-state index contributed by atoms with van der Waals surface area (Å²) in [5.41, 5.74) is 6.67. The van der Waals surface area contributed by atoms with Crippen LogP contribution >= 0.6 is 11.8 Å². The molecule has 74 valence electrons. The lowest BCUT2D eigenvalue weighted by atomic mass is 10.2. The summed E-state index contributed by atoms with van der Waals surface area (Å²) in [7, 11) is 0. The van der Waals surface area contributed by atoms with Gasteiger partial charge < -0.3 is 5.73 Å². The Labute approximate surface area is 87.6 Å². The van der Waals surface area contributed by atoms with Gasteiger partial charge in [0.1, 0.15) is 23.3 Å². The smallest absolute Gasteiger partial charge is 0.145 e. The first-order valence-corrected chi connectivity index (χ1v) is 5.45. The second-order valence-electron chi connectivity index (χ2n) is 2.73. The number of anilines is 1. The van der Waals surface area contributed by atoms with Crippen molar-refractivity contribution in [3.05, 3.63) is 17.1 Å². The van der Waals surface area contributed by atoms with Crippen molar-refractivity contribution in [3.63, 3.8) is 0 Å². The van der Waals surface area contributed by atoms with Gasteiger partial charge in [0, 0.05) is 0 Å². The Balaban J connectivity index is 2.97. The van der Waals surface area contributed by atoms with Crippen LogP contribution in [0, 0.1) is 18.3 Å². The van der Waals surface area contributed by atoms with Gasteiger partial charge in [0.05, 0.1) is 11.4 Å². The van der Waals surface area contributed by atoms with Crippen LogP contribution in [0.2, 0.25) is 0 Å². The van der Waals surface area contributed by atoms with E-state index in [9.17, 15) is 0 Å². The standard InChI is InChI=1S/C9H12N4S/c1-3-14-5-8-12-6(2)7(4-10)9(11)13-8/h3,5H2,1-2H3,(H2,11,12,13). The van der Waals surface area contributed by atoms with Gasteiger partial charge in [-0.15, -0.1) is 0 Å². The number of hydrogen-bond acceptors (Lipinski definition) is 5. The minimum Gasteiger partial charge on any atom is -0.382 e. The monoisotopic (exact) mass is 208 g/mol. The van der Waals surface area contributed by atoms with Crippen molar-refractivity contribution in [2.45, 2.75) is 19.6 Å². The van der Waals surface area contributed by atoms with E-state index in [4.69, 9.17) is 11.0 Å². The Kier molecular flexibility index (Phi) is 3.72. The molecule has 0 aromatic carbocycles. The van der Waals surface area contributed by atoms with Gasteiger partial charge in [-0.05, 0) is 12.7 Å². The maximum atomic E-state index is 8.75. The molecular weight excluding hydrogens is 196 g/mol. The van der Waals surface area contributed by atoms with Crippen molar-refractivity contribution in [3.8, 4) is 6.07 Å². The lowest BCUT2D eigenvalue weighted by molar-refractivity contribution is 0.994. The van der Waals surface area contributed by atoms with Crippen LogP contribution in [-0.2, 0) is 5.75 Å². The molecule has 4 nitrogen and oxygen atoms in total. The summed E-state index contributed by atoms with van der Waals surface area (Å²) in [6.45, 7) is 3.85. The van der Waals surface area contributed by atoms with Gasteiger partial charge in [0.15, 0.2) is 0 Å². The van der Waals surface area contributed by atoms with Gasteiger partial charge in [-0.2, -0.15) is 17.0 Å². The van der Waals surface area contributed by atoms with Crippen LogP contribution in [0.5, 0.6) is 0 Å². The minimum atomic E-state index is 0.284. The van der Waals surface area contributed by atoms with Crippen LogP contribution in [0.15, 0.2) is 0 Å². The second-order valence-corrected chi connectivity index (χ2v) is 4.01. The van der Waals surface area contributed by atoms with E-state index in [2.05, 4.69) is 16.9 Å². The van der Waals surface area contributed by atoms with E-state index in [-0.39, 0.29) is 5.82 Å². The van der Waals surface area contributed by atoms with E-state index < -0.39 is 0 Å². The van der Waals surface area contributed by atoms with Crippen molar-refractivity contribution in [1.29, 1.82) is 5.26 Å². The summed E-state index contributed by atoms with van der Waals surface area (Å²) in [6.07, 6.45) is 0. The van der Waals surface area contributed by atoms with Gasteiger partial charge in [-0.25, -0.2) is 9.97 Å². The Bertz CT molecular complexity index is 347. The number of nitriles is 1. The highest BCUT2D eigenvalue weighted by Gasteiger charge is 2.07. The van der Waals surface area contributed by atoms with E-state index >= 15 is 0 Å². The maximum absolute atomic E-state index is 8.75. The third kappa shape index (κ3) is 2.36. The van der Waals surface area contributed by atoms with Crippen LogP contribution in [0.25, 0.3) is 0 Å². The van der Waals surface area contributed by atoms with Gasteiger partial charge in [-0.3, -0.25) is 0 Å². The summed E-state index contributed by atoms with van der Waals surface area (Å²) >= 11 is 1.73. The highest BCUT2D eigenvalue weighted by molar-refractivity contribution is 7.98. The first-order valence-electron chi connectivity index (χ1n) is 4.29. The molecule has 1 rings (SSSR count). The van der Waals surface area contributed by atoms with Crippen molar-refractivity contribution in [2.24, 2.45) is 0 Å². The zero-order valence-corrected chi connectivity index (χ0v) is 9.06. The fraction of sp³-hybridized carbons (Fsp3) is 0.444. The summed E-state index contributed by atoms with van der Waals surface area (Å²) in [5, 5.41) is 8.75. The van der Waals surface area contributed by atoms with E-state index in [0.717, 1.165) is 11.5 Å². The molecule has 0 aliphatic carbocycles. The fourth-order valence-corrected chi connectivity index (χ4v) is 1.57. The Morgan fingerprint density at radius 3 is 2.71 bits per heavy atom. The second kappa shape index (κ2) is 4.82. The summed E-state index contributed by atoms with van der Waals surface area (Å²) < 4.78 is 0. The number of rotatable bonds is 3. The topological polar surface area (TPSA) is 75.6 Å². The number of nitrogen functional groups attached to an aromatic ring is 1. The van der Waals surface area contributed by atoms with E-state index in [1.165, 1.54) is 0 Å². The quantitative estimate of drug-likeness (QED) is 0.814. The largest absolute Gasteiger partial charge is 0.382 e. The normalized spacial score (nSPS) is 9.79. The number of hydrogen-bond donors (Lipinski definition) is 1. The molecule has 1 aromatic heterocycles. The molecule has 0 fully saturated rings. The molecule has 0 atom stereocenters. The third-order valence-electron chi connectivity index (χ3n) is 1.71. The molecule has 14 heavy (non-hydrogen) atoms. The molecule has 1 aromatic rings. The molecule has 0 aliphatic heterocycles. The van der Waals surface area contributed by atoms with Crippen molar-refractivity contribution < 1.29 is 0 Å². The first kappa shape index (κ1) is 10.8. The first-order chi connectivity index (χ1) is 6.69. The van der Waals surface area contributed by atoms with Crippen LogP contribution in [-0.4, -0.2) is 15.7 Å². The molecule has 1 heterocycles. The Morgan fingerprint density at radius 2 is 2.21 bits per heavy atom. The van der Waals surface area contributed by atoms with Crippen molar-refractivity contribution in [1.82, 2.24) is 9.97 Å². The average molecular weight is 208 g/mol. The summed E-state index contributed by atoms with van der Waals surface area (Å²) in [4.78, 5) is 8.27. The van der Waals surface area contributed by atoms with E-state index in [1.807, 2.05) is 6.07 Å². The van der Waals surface area contributed by atoms with E-state index in [0.29, 0.717) is 17.1 Å². The van der Waals surface area contributed by atoms with E-state index in [1.54, 1.807) is 18.7 Å². The molecule has 0 saturated carbocycles. The van der Waals surface area contributed by atoms with Crippen LogP contribution in [0.3, 0.4) is 0 Å². The van der Waals surface area contributed by atoms with Crippen molar-refractivity contribution >= 4 is 17.6 Å². The molecule has 0 saturated heterocycles. The van der Waals surface area contributed by atoms with Gasteiger partial charge in [-0.1, -0.05) is 6.92 Å². The van der Waals surface area contributed by atoms with Crippen LogP contribution < -0.4 is 5.73 Å². The molecular formula is C9H12N4S. The van der Waals surface area contributed by atoms with Gasteiger partial charge in [0.25, 0.3) is 0 Å². The molecule has 0 amide bonds. The predicted octanol–water partition coefficient (Wildman–Crippen LogP) is 1.49. The number of nitrogens with two attached hydrogens (primary N) is 1. The maximum Gasteiger partial charge on any atom is 0.145 e. The lowest BCUT2D eigenvalue weighted by Crippen LogP contribution is -2.04. The number of aromatic nitrogens is 2. The van der Waals surface area contributed by atoms with Crippen LogP contribution in [0.1, 0.15) is 24.0 Å². The minimum absolute atomic E-state index is 0.284. The van der Waals surface area contributed by atoms with Gasteiger partial charge in [0.2, 0.25) is 0 Å². The third-order valence-corrected chi connectivity index (χ3v) is 2.58. The lowest BCUT2D eigenvalue weighted by Gasteiger charge is -2.04. The Morgan fingerprint density at radius 1 is 1.50 bits per heavy atom.